The molecule has 1 amide bonds. The van der Waals surface area contributed by atoms with E-state index in [1.54, 1.807) is 37.6 Å². The molecule has 0 bridgehead atoms. The minimum atomic E-state index is -0.356. The standard InChI is InChI=1S/C24H33N3O3/c1-3-4-5-6-7-8-11-16-30-22-15-14-19(17-23(22)29-2)18-26-27-24(28)20-12-9-10-13-21(20)25/h9-10,12-15,17-18H,3-8,11,16,25H2,1-2H3,(H,27,28)/b26-18-. The molecule has 2 aromatic rings. The molecule has 0 fully saturated rings. The number of carbonyl (C=O) groups excluding carboxylic acids is 1. The van der Waals surface area contributed by atoms with E-state index in [0.29, 0.717) is 29.4 Å². The molecular formula is C24H33N3O3. The Labute approximate surface area is 179 Å². The first-order valence-corrected chi connectivity index (χ1v) is 10.6. The van der Waals surface area contributed by atoms with E-state index < -0.39 is 0 Å². The Bertz CT molecular complexity index is 821. The lowest BCUT2D eigenvalue weighted by atomic mass is 10.1. The number of anilines is 1. The number of nitrogens with one attached hydrogen (secondary N) is 1. The van der Waals surface area contributed by atoms with Crippen LogP contribution in [0.5, 0.6) is 11.5 Å². The molecule has 6 heteroatoms. The van der Waals surface area contributed by atoms with Gasteiger partial charge in [-0.3, -0.25) is 4.79 Å². The van der Waals surface area contributed by atoms with Gasteiger partial charge < -0.3 is 15.2 Å². The first-order valence-electron chi connectivity index (χ1n) is 10.6. The highest BCUT2D eigenvalue weighted by atomic mass is 16.5. The molecule has 0 aliphatic heterocycles. The fourth-order valence-electron chi connectivity index (χ4n) is 3.05. The van der Waals surface area contributed by atoms with Crippen LogP contribution in [0.2, 0.25) is 0 Å². The lowest BCUT2D eigenvalue weighted by molar-refractivity contribution is 0.0956. The molecule has 6 nitrogen and oxygen atoms in total. The smallest absolute Gasteiger partial charge is 0.273 e. The number of hydrogen-bond acceptors (Lipinski definition) is 5. The van der Waals surface area contributed by atoms with Gasteiger partial charge in [-0.1, -0.05) is 57.6 Å². The van der Waals surface area contributed by atoms with E-state index in [9.17, 15) is 4.79 Å². The molecule has 162 valence electrons. The Morgan fingerprint density at radius 2 is 1.77 bits per heavy atom. The average Bonchev–Trinajstić information content (AvgIpc) is 2.76. The normalized spacial score (nSPS) is 10.9. The third-order valence-electron chi connectivity index (χ3n) is 4.78. The van der Waals surface area contributed by atoms with Crippen LogP contribution in [0.15, 0.2) is 47.6 Å². The maximum Gasteiger partial charge on any atom is 0.273 e. The number of nitrogens with two attached hydrogens (primary N) is 1. The Kier molecular flexibility index (Phi) is 10.3. The molecule has 0 radical (unpaired) electrons. The molecule has 0 saturated heterocycles. The van der Waals surface area contributed by atoms with Crippen molar-refractivity contribution < 1.29 is 14.3 Å². The van der Waals surface area contributed by atoms with Crippen molar-refractivity contribution in [1.82, 2.24) is 5.43 Å². The summed E-state index contributed by atoms with van der Waals surface area (Å²) in [5.41, 5.74) is 9.88. The Hall–Kier alpha value is -3.02. The van der Waals surface area contributed by atoms with E-state index in [1.807, 2.05) is 18.2 Å². The molecule has 2 aromatic carbocycles. The maximum atomic E-state index is 12.1. The molecular weight excluding hydrogens is 378 g/mol. The van der Waals surface area contributed by atoms with Crippen molar-refractivity contribution in [2.24, 2.45) is 5.10 Å². The van der Waals surface area contributed by atoms with Crippen LogP contribution in [0.1, 0.15) is 67.8 Å². The van der Waals surface area contributed by atoms with E-state index >= 15 is 0 Å². The van der Waals surface area contributed by atoms with Crippen LogP contribution in [0.3, 0.4) is 0 Å². The van der Waals surface area contributed by atoms with Gasteiger partial charge in [0.25, 0.3) is 5.91 Å². The summed E-state index contributed by atoms with van der Waals surface area (Å²) in [5.74, 6) is 0.994. The zero-order chi connectivity index (χ0) is 21.6. The monoisotopic (exact) mass is 411 g/mol. The second-order valence-electron chi connectivity index (χ2n) is 7.17. The van der Waals surface area contributed by atoms with Crippen molar-refractivity contribution in [2.45, 2.75) is 51.9 Å². The third-order valence-corrected chi connectivity index (χ3v) is 4.78. The van der Waals surface area contributed by atoms with Gasteiger partial charge in [0.2, 0.25) is 0 Å². The molecule has 0 atom stereocenters. The highest BCUT2D eigenvalue weighted by Gasteiger charge is 2.08. The number of carbonyl (C=O) groups is 1. The van der Waals surface area contributed by atoms with E-state index in [-0.39, 0.29) is 5.91 Å². The summed E-state index contributed by atoms with van der Waals surface area (Å²) in [6, 6.07) is 12.4. The predicted molar refractivity (Wildman–Crippen MR) is 122 cm³/mol. The minimum absolute atomic E-state index is 0.356. The number of nitrogens with zero attached hydrogens (tertiary/aromatic N) is 1. The van der Waals surface area contributed by atoms with Crippen molar-refractivity contribution in [2.75, 3.05) is 19.5 Å². The van der Waals surface area contributed by atoms with Gasteiger partial charge in [0, 0.05) is 5.69 Å². The summed E-state index contributed by atoms with van der Waals surface area (Å²) in [5, 5.41) is 4.00. The summed E-state index contributed by atoms with van der Waals surface area (Å²) in [4.78, 5) is 12.1. The third kappa shape index (κ3) is 7.78. The minimum Gasteiger partial charge on any atom is -0.493 e. The number of ether oxygens (including phenoxy) is 2. The molecule has 0 saturated carbocycles. The Morgan fingerprint density at radius 3 is 2.50 bits per heavy atom. The number of methoxy groups -OCH3 is 1. The summed E-state index contributed by atoms with van der Waals surface area (Å²) in [6.45, 7) is 2.90. The molecule has 0 aromatic heterocycles. The second-order valence-corrected chi connectivity index (χ2v) is 7.17. The van der Waals surface area contributed by atoms with Gasteiger partial charge in [0.15, 0.2) is 11.5 Å². The largest absolute Gasteiger partial charge is 0.493 e. The summed E-state index contributed by atoms with van der Waals surface area (Å²) >= 11 is 0. The first kappa shape index (κ1) is 23.3. The first-order chi connectivity index (χ1) is 14.7. The summed E-state index contributed by atoms with van der Waals surface area (Å²) in [7, 11) is 1.61. The van der Waals surface area contributed by atoms with Crippen LogP contribution in [0, 0.1) is 0 Å². The Balaban J connectivity index is 1.81. The van der Waals surface area contributed by atoms with Gasteiger partial charge in [-0.15, -0.1) is 0 Å². The molecule has 0 aliphatic carbocycles. The van der Waals surface area contributed by atoms with E-state index in [4.69, 9.17) is 15.2 Å². The van der Waals surface area contributed by atoms with Crippen molar-refractivity contribution in [3.63, 3.8) is 0 Å². The molecule has 0 aliphatic rings. The lowest BCUT2D eigenvalue weighted by Crippen LogP contribution is -2.19. The molecule has 0 unspecified atom stereocenters. The zero-order valence-electron chi connectivity index (χ0n) is 18.0. The fraction of sp³-hybridized carbons (Fsp3) is 0.417. The highest BCUT2D eigenvalue weighted by molar-refractivity contribution is 5.99. The van der Waals surface area contributed by atoms with Crippen LogP contribution in [0.4, 0.5) is 5.69 Å². The van der Waals surface area contributed by atoms with E-state index in [0.717, 1.165) is 12.0 Å². The molecule has 3 N–H and O–H groups in total. The van der Waals surface area contributed by atoms with Crippen LogP contribution >= 0.6 is 0 Å². The highest BCUT2D eigenvalue weighted by Crippen LogP contribution is 2.27. The van der Waals surface area contributed by atoms with Gasteiger partial charge >= 0.3 is 0 Å². The van der Waals surface area contributed by atoms with E-state index in [2.05, 4.69) is 17.5 Å². The number of amides is 1. The van der Waals surface area contributed by atoms with Crippen molar-refractivity contribution in [3.8, 4) is 11.5 Å². The van der Waals surface area contributed by atoms with Gasteiger partial charge in [-0.05, 0) is 42.3 Å². The van der Waals surface area contributed by atoms with Crippen molar-refractivity contribution in [3.05, 3.63) is 53.6 Å². The SMILES string of the molecule is CCCCCCCCCOc1ccc(/C=N\NC(=O)c2ccccc2N)cc1OC. The molecule has 0 spiro atoms. The van der Waals surface area contributed by atoms with Gasteiger partial charge in [-0.2, -0.15) is 5.10 Å². The topological polar surface area (TPSA) is 85.9 Å². The second kappa shape index (κ2) is 13.2. The molecule has 2 rings (SSSR count). The number of para-hydroxylation sites is 1. The number of nitrogen functional groups attached to an aromatic ring is 1. The van der Waals surface area contributed by atoms with Gasteiger partial charge in [-0.25, -0.2) is 5.43 Å². The van der Waals surface area contributed by atoms with Gasteiger partial charge in [0.05, 0.1) is 25.5 Å². The van der Waals surface area contributed by atoms with Crippen LogP contribution in [-0.2, 0) is 0 Å². The van der Waals surface area contributed by atoms with Gasteiger partial charge in [0.1, 0.15) is 0 Å². The number of unbranched alkanes of at least 4 members (excludes halogenated alkanes) is 6. The predicted octanol–water partition coefficient (Wildman–Crippen LogP) is 5.17. The average molecular weight is 412 g/mol. The van der Waals surface area contributed by atoms with E-state index in [1.165, 1.54) is 38.5 Å². The molecule has 30 heavy (non-hydrogen) atoms. The number of rotatable bonds is 13. The fourth-order valence-corrected chi connectivity index (χ4v) is 3.05. The Morgan fingerprint density at radius 1 is 1.03 bits per heavy atom. The van der Waals surface area contributed by atoms with Crippen LogP contribution in [-0.4, -0.2) is 25.8 Å². The molecule has 0 heterocycles. The van der Waals surface area contributed by atoms with Crippen molar-refractivity contribution in [1.29, 1.82) is 0 Å². The quantitative estimate of drug-likeness (QED) is 0.206. The lowest BCUT2D eigenvalue weighted by Gasteiger charge is -2.11. The zero-order valence-corrected chi connectivity index (χ0v) is 18.0. The van der Waals surface area contributed by atoms with Crippen LogP contribution in [0.25, 0.3) is 0 Å². The number of hydrazone groups is 1. The maximum absolute atomic E-state index is 12.1. The number of hydrogen-bond donors (Lipinski definition) is 2. The summed E-state index contributed by atoms with van der Waals surface area (Å²) < 4.78 is 11.3. The van der Waals surface area contributed by atoms with Crippen LogP contribution < -0.4 is 20.6 Å². The van der Waals surface area contributed by atoms with Crippen molar-refractivity contribution >= 4 is 17.8 Å². The number of benzene rings is 2. The summed E-state index contributed by atoms with van der Waals surface area (Å²) in [6.07, 6.45) is 10.3.